The molecule has 1 saturated carbocycles. The fourth-order valence-electron chi connectivity index (χ4n) is 4.22. The van der Waals surface area contributed by atoms with Crippen molar-refractivity contribution >= 4 is 11.7 Å². The minimum absolute atomic E-state index is 0.0780. The Morgan fingerprint density at radius 3 is 2.78 bits per heavy atom. The molecule has 4 nitrogen and oxygen atoms in total. The zero-order valence-electron chi connectivity index (χ0n) is 13.8. The highest BCUT2D eigenvalue weighted by atomic mass is 16.2. The van der Waals surface area contributed by atoms with Gasteiger partial charge in [0, 0.05) is 31.9 Å². The SMILES string of the molecule is O=C(Nc1ccc2c(c1)CNC2)N1CCC[C@H](CC2CCC2)C1. The molecule has 4 heteroatoms. The molecule has 0 spiro atoms. The van der Waals surface area contributed by atoms with Gasteiger partial charge in [0.2, 0.25) is 0 Å². The largest absolute Gasteiger partial charge is 0.324 e. The summed E-state index contributed by atoms with van der Waals surface area (Å²) in [5.74, 6) is 1.65. The number of carbonyl (C=O) groups is 1. The van der Waals surface area contributed by atoms with E-state index in [0.717, 1.165) is 44.2 Å². The fourth-order valence-corrected chi connectivity index (χ4v) is 4.22. The number of nitrogens with one attached hydrogen (secondary N) is 2. The van der Waals surface area contributed by atoms with Crippen LogP contribution in [0.3, 0.4) is 0 Å². The lowest BCUT2D eigenvalue weighted by molar-refractivity contribution is 0.150. The number of amides is 2. The maximum Gasteiger partial charge on any atom is 0.321 e. The molecule has 0 radical (unpaired) electrons. The minimum Gasteiger partial charge on any atom is -0.324 e. The molecule has 1 aromatic rings. The highest BCUT2D eigenvalue weighted by Gasteiger charge is 2.28. The topological polar surface area (TPSA) is 44.4 Å². The molecular weight excluding hydrogens is 286 g/mol. The zero-order chi connectivity index (χ0) is 15.6. The number of nitrogens with zero attached hydrogens (tertiary/aromatic N) is 1. The molecule has 4 rings (SSSR count). The Morgan fingerprint density at radius 2 is 1.96 bits per heavy atom. The number of likely N-dealkylation sites (tertiary alicyclic amines) is 1. The van der Waals surface area contributed by atoms with E-state index in [2.05, 4.69) is 22.8 Å². The van der Waals surface area contributed by atoms with Crippen molar-refractivity contribution < 1.29 is 4.79 Å². The number of fused-ring (bicyclic) bond motifs is 1. The molecule has 1 atom stereocenters. The summed E-state index contributed by atoms with van der Waals surface area (Å²) in [6.45, 7) is 3.69. The average Bonchev–Trinajstić information content (AvgIpc) is 2.99. The van der Waals surface area contributed by atoms with Crippen LogP contribution >= 0.6 is 0 Å². The molecule has 2 amide bonds. The molecule has 1 aliphatic carbocycles. The molecule has 1 aromatic carbocycles. The van der Waals surface area contributed by atoms with E-state index in [9.17, 15) is 4.79 Å². The van der Waals surface area contributed by atoms with Crippen LogP contribution in [-0.2, 0) is 13.1 Å². The van der Waals surface area contributed by atoms with E-state index in [1.165, 1.54) is 43.2 Å². The van der Waals surface area contributed by atoms with Gasteiger partial charge in [-0.2, -0.15) is 0 Å². The first kappa shape index (κ1) is 15.0. The van der Waals surface area contributed by atoms with Gasteiger partial charge in [0.1, 0.15) is 0 Å². The molecule has 2 aliphatic heterocycles. The molecule has 124 valence electrons. The van der Waals surface area contributed by atoms with Crippen LogP contribution in [0.15, 0.2) is 18.2 Å². The molecular formula is C19H27N3O. The van der Waals surface area contributed by atoms with E-state index in [1.807, 2.05) is 11.0 Å². The maximum absolute atomic E-state index is 12.6. The Labute approximate surface area is 138 Å². The molecule has 3 aliphatic rings. The van der Waals surface area contributed by atoms with Crippen LogP contribution in [0.25, 0.3) is 0 Å². The summed E-state index contributed by atoms with van der Waals surface area (Å²) in [5, 5.41) is 6.45. The summed E-state index contributed by atoms with van der Waals surface area (Å²) in [4.78, 5) is 14.6. The second kappa shape index (κ2) is 6.52. The Morgan fingerprint density at radius 1 is 1.13 bits per heavy atom. The molecule has 0 bridgehead atoms. The Bertz CT molecular complexity index is 582. The second-order valence-corrected chi connectivity index (χ2v) is 7.50. The average molecular weight is 313 g/mol. The van der Waals surface area contributed by atoms with E-state index in [4.69, 9.17) is 0 Å². The van der Waals surface area contributed by atoms with Gasteiger partial charge in [0.25, 0.3) is 0 Å². The molecule has 0 aromatic heterocycles. The van der Waals surface area contributed by atoms with Crippen molar-refractivity contribution in [3.8, 4) is 0 Å². The summed E-state index contributed by atoms with van der Waals surface area (Å²) in [6, 6.07) is 6.34. The lowest BCUT2D eigenvalue weighted by atomic mass is 9.77. The zero-order valence-corrected chi connectivity index (χ0v) is 13.8. The van der Waals surface area contributed by atoms with Crippen LogP contribution in [-0.4, -0.2) is 24.0 Å². The lowest BCUT2D eigenvalue weighted by Crippen LogP contribution is -2.43. The summed E-state index contributed by atoms with van der Waals surface area (Å²) in [7, 11) is 0. The highest BCUT2D eigenvalue weighted by molar-refractivity contribution is 5.89. The monoisotopic (exact) mass is 313 g/mol. The van der Waals surface area contributed by atoms with Crippen LogP contribution in [0.4, 0.5) is 10.5 Å². The smallest absolute Gasteiger partial charge is 0.321 e. The Kier molecular flexibility index (Phi) is 4.25. The van der Waals surface area contributed by atoms with Gasteiger partial charge in [-0.25, -0.2) is 4.79 Å². The third-order valence-electron chi connectivity index (χ3n) is 5.79. The predicted molar refractivity (Wildman–Crippen MR) is 92.3 cm³/mol. The van der Waals surface area contributed by atoms with Crippen LogP contribution < -0.4 is 10.6 Å². The number of hydrogen-bond donors (Lipinski definition) is 2. The number of benzene rings is 1. The maximum atomic E-state index is 12.6. The highest BCUT2D eigenvalue weighted by Crippen LogP contribution is 2.35. The number of urea groups is 1. The van der Waals surface area contributed by atoms with E-state index in [-0.39, 0.29) is 6.03 Å². The molecule has 1 saturated heterocycles. The van der Waals surface area contributed by atoms with Crippen LogP contribution in [0.5, 0.6) is 0 Å². The third kappa shape index (κ3) is 3.37. The molecule has 2 N–H and O–H groups in total. The molecule has 23 heavy (non-hydrogen) atoms. The van der Waals surface area contributed by atoms with E-state index in [1.54, 1.807) is 0 Å². The minimum atomic E-state index is 0.0780. The number of piperidine rings is 1. The van der Waals surface area contributed by atoms with E-state index in [0.29, 0.717) is 5.92 Å². The van der Waals surface area contributed by atoms with Gasteiger partial charge in [0.15, 0.2) is 0 Å². The van der Waals surface area contributed by atoms with Crippen molar-refractivity contribution in [2.75, 3.05) is 18.4 Å². The number of anilines is 1. The second-order valence-electron chi connectivity index (χ2n) is 7.50. The summed E-state index contributed by atoms with van der Waals surface area (Å²) in [5.41, 5.74) is 3.59. The van der Waals surface area contributed by atoms with Crippen LogP contribution in [0, 0.1) is 11.8 Å². The van der Waals surface area contributed by atoms with Gasteiger partial charge in [-0.15, -0.1) is 0 Å². The lowest BCUT2D eigenvalue weighted by Gasteiger charge is -2.36. The van der Waals surface area contributed by atoms with Crippen molar-refractivity contribution in [3.05, 3.63) is 29.3 Å². The van der Waals surface area contributed by atoms with Gasteiger partial charge in [0.05, 0.1) is 0 Å². The summed E-state index contributed by atoms with van der Waals surface area (Å²) >= 11 is 0. The normalized spacial score (nSPS) is 24.2. The van der Waals surface area contributed by atoms with Gasteiger partial charge in [-0.3, -0.25) is 0 Å². The van der Waals surface area contributed by atoms with Crippen molar-refractivity contribution in [1.82, 2.24) is 10.2 Å². The fraction of sp³-hybridized carbons (Fsp3) is 0.632. The summed E-state index contributed by atoms with van der Waals surface area (Å²) < 4.78 is 0. The predicted octanol–water partition coefficient (Wildman–Crippen LogP) is 3.72. The third-order valence-corrected chi connectivity index (χ3v) is 5.79. The molecule has 2 fully saturated rings. The first-order chi connectivity index (χ1) is 11.3. The number of hydrogen-bond acceptors (Lipinski definition) is 2. The number of carbonyl (C=O) groups excluding carboxylic acids is 1. The number of rotatable bonds is 3. The van der Waals surface area contributed by atoms with Crippen molar-refractivity contribution in [2.45, 2.75) is 51.6 Å². The van der Waals surface area contributed by atoms with Crippen LogP contribution in [0.1, 0.15) is 49.7 Å². The standard InChI is InChI=1S/C19H27N3O/c23-19(21-18-7-6-16-11-20-12-17(16)10-18)22-8-2-5-15(13-22)9-14-3-1-4-14/h6-7,10,14-15,20H,1-5,8-9,11-13H2,(H,21,23)/t15-/m1/s1. The van der Waals surface area contributed by atoms with Gasteiger partial charge >= 0.3 is 6.03 Å². The van der Waals surface area contributed by atoms with Crippen molar-refractivity contribution in [1.29, 1.82) is 0 Å². The van der Waals surface area contributed by atoms with Crippen molar-refractivity contribution in [2.24, 2.45) is 11.8 Å². The van der Waals surface area contributed by atoms with E-state index >= 15 is 0 Å². The van der Waals surface area contributed by atoms with E-state index < -0.39 is 0 Å². The summed E-state index contributed by atoms with van der Waals surface area (Å²) in [6.07, 6.45) is 8.00. The first-order valence-corrected chi connectivity index (χ1v) is 9.16. The Balaban J connectivity index is 1.34. The Hall–Kier alpha value is -1.55. The van der Waals surface area contributed by atoms with Crippen LogP contribution in [0.2, 0.25) is 0 Å². The van der Waals surface area contributed by atoms with Gasteiger partial charge in [-0.1, -0.05) is 25.3 Å². The molecule has 0 unspecified atom stereocenters. The first-order valence-electron chi connectivity index (χ1n) is 9.16. The van der Waals surface area contributed by atoms with Gasteiger partial charge < -0.3 is 15.5 Å². The molecule has 2 heterocycles. The van der Waals surface area contributed by atoms with Gasteiger partial charge in [-0.05, 0) is 54.4 Å². The quantitative estimate of drug-likeness (QED) is 0.893. The van der Waals surface area contributed by atoms with Crippen molar-refractivity contribution in [3.63, 3.8) is 0 Å².